The molecule has 0 saturated heterocycles. The molecule has 0 radical (unpaired) electrons. The van der Waals surface area contributed by atoms with Gasteiger partial charge in [0.15, 0.2) is 23.0 Å². The van der Waals surface area contributed by atoms with E-state index in [1.165, 1.54) is 57.8 Å². The third kappa shape index (κ3) is 38.1. The van der Waals surface area contributed by atoms with E-state index in [9.17, 15) is 39.6 Å². The number of nitrogens with one attached hydrogen (secondary N) is 4. The number of hydrogen-bond acceptors (Lipinski definition) is 18. The number of para-hydroxylation sites is 4. The second-order valence-corrected chi connectivity index (χ2v) is 34.3. The van der Waals surface area contributed by atoms with Gasteiger partial charge in [-0.25, -0.2) is 19.2 Å². The quantitative estimate of drug-likeness (QED) is 0.0176. The molecule has 2 aliphatic rings. The van der Waals surface area contributed by atoms with E-state index >= 15 is 0 Å². The van der Waals surface area contributed by atoms with Crippen LogP contribution in [0.4, 0.5) is 45.5 Å². The number of anilines is 8. The molecule has 0 amide bonds. The van der Waals surface area contributed by atoms with E-state index in [2.05, 4.69) is 101 Å². The van der Waals surface area contributed by atoms with Crippen molar-refractivity contribution >= 4 is 80.7 Å². The fourth-order valence-corrected chi connectivity index (χ4v) is 16.0. The van der Waals surface area contributed by atoms with Gasteiger partial charge in [0.2, 0.25) is 0 Å². The summed E-state index contributed by atoms with van der Waals surface area (Å²) in [4.78, 5) is 60.5. The summed E-state index contributed by atoms with van der Waals surface area (Å²) in [6.45, 7) is 31.4. The molecule has 714 valence electrons. The first-order chi connectivity index (χ1) is 64.4. The third-order valence-electron chi connectivity index (χ3n) is 22.8. The van der Waals surface area contributed by atoms with Crippen LogP contribution >= 0.6 is 11.3 Å². The smallest absolute Gasteiger partial charge is 0.335 e. The predicted molar refractivity (Wildman–Crippen MR) is 550 cm³/mol. The number of nitrogens with zero attached hydrogens (tertiary/aromatic N) is 5. The van der Waals surface area contributed by atoms with Crippen molar-refractivity contribution in [3.05, 3.63) is 246 Å². The van der Waals surface area contributed by atoms with Crippen LogP contribution < -0.4 is 59.8 Å². The van der Waals surface area contributed by atoms with Crippen LogP contribution in [0.25, 0.3) is 0 Å². The summed E-state index contributed by atoms with van der Waals surface area (Å²) in [7, 11) is 0. The Morgan fingerprint density at radius 2 is 0.538 bits per heavy atom. The van der Waals surface area contributed by atoms with Gasteiger partial charge in [-0.1, -0.05) is 230 Å². The van der Waals surface area contributed by atoms with E-state index < -0.39 is 23.9 Å². The van der Waals surface area contributed by atoms with Crippen molar-refractivity contribution in [2.24, 2.45) is 11.8 Å². The van der Waals surface area contributed by atoms with Crippen LogP contribution in [0, 0.1) is 11.8 Å². The van der Waals surface area contributed by atoms with Gasteiger partial charge in [0, 0.05) is 90.9 Å². The van der Waals surface area contributed by atoms with Crippen molar-refractivity contribution in [1.82, 2.24) is 4.98 Å². The molecular formula is C110H151N9O12S. The molecule has 21 nitrogen and oxygen atoms in total. The normalized spacial score (nSPS) is 12.0. The van der Waals surface area contributed by atoms with Gasteiger partial charge in [0.1, 0.15) is 23.0 Å². The van der Waals surface area contributed by atoms with Gasteiger partial charge >= 0.3 is 23.9 Å². The van der Waals surface area contributed by atoms with Crippen LogP contribution in [0.3, 0.4) is 0 Å². The Balaban J connectivity index is 0.000000231. The minimum Gasteiger partial charge on any atom is -0.478 e. The maximum absolute atomic E-state index is 12.0. The lowest BCUT2D eigenvalue weighted by Gasteiger charge is -2.29. The zero-order valence-electron chi connectivity index (χ0n) is 80.4. The molecule has 132 heavy (non-hydrogen) atoms. The predicted octanol–water partition coefficient (Wildman–Crippen LogP) is 29.6. The molecule has 22 heteroatoms. The molecule has 2 heterocycles. The highest BCUT2D eigenvalue weighted by atomic mass is 32.1. The van der Waals surface area contributed by atoms with E-state index in [4.69, 9.17) is 18.9 Å². The summed E-state index contributed by atoms with van der Waals surface area (Å²) in [5, 5.41) is 56.8. The third-order valence-corrected chi connectivity index (χ3v) is 23.4. The van der Waals surface area contributed by atoms with Gasteiger partial charge in [-0.15, -0.1) is 0 Å². The minimum atomic E-state index is -0.933. The Hall–Kier alpha value is -11.9. The highest BCUT2D eigenvalue weighted by molar-refractivity contribution is 7.07. The van der Waals surface area contributed by atoms with Gasteiger partial charge in [-0.2, -0.15) is 11.3 Å². The Kier molecular flexibility index (Phi) is 51.3. The topological polar surface area (TPSA) is 260 Å². The SMILES string of the molecule is CCCCN(CCCC)c1cc(C(=O)O)cc(NCC)c1Oc1ccccc1.CCCCN(CCCC)c1cc(C(=O)O)cc(NCC)c1Oc1ccccc1.CCCCN(CCCC)c1cc(C(=O)O)cc(NCC2CCCC2)c1Oc1ccccc1.CCCCN(CCCC)c1cc(C(=O)O)cc(NCC2CCCCC2)c1Oc1ccccc1.c1ccncc1.c1ccsc1. The van der Waals surface area contributed by atoms with Crippen molar-refractivity contribution in [3.8, 4) is 46.0 Å². The number of benzene rings is 8. The highest BCUT2D eigenvalue weighted by Gasteiger charge is 2.28. The van der Waals surface area contributed by atoms with E-state index in [0.717, 1.165) is 237 Å². The summed E-state index contributed by atoms with van der Waals surface area (Å²) in [6.07, 6.45) is 31.9. The van der Waals surface area contributed by atoms with Crippen LogP contribution in [0.1, 0.15) is 271 Å². The lowest BCUT2D eigenvalue weighted by atomic mass is 9.89. The number of rotatable bonds is 50. The first kappa shape index (κ1) is 107. The first-order valence-corrected chi connectivity index (χ1v) is 49.7. The Morgan fingerprint density at radius 1 is 0.311 bits per heavy atom. The van der Waals surface area contributed by atoms with Crippen LogP contribution in [0.2, 0.25) is 0 Å². The Morgan fingerprint density at radius 3 is 0.727 bits per heavy atom. The summed E-state index contributed by atoms with van der Waals surface area (Å²) in [5.41, 5.74) is 7.50. The number of carboxylic acid groups (broad SMARTS) is 4. The lowest BCUT2D eigenvalue weighted by molar-refractivity contribution is 0.0686. The number of carboxylic acids is 4. The van der Waals surface area contributed by atoms with Crippen LogP contribution in [0.5, 0.6) is 46.0 Å². The van der Waals surface area contributed by atoms with Gasteiger partial charge < -0.3 is 80.2 Å². The lowest BCUT2D eigenvalue weighted by Crippen LogP contribution is -2.27. The number of carbonyl (C=O) groups is 4. The van der Waals surface area contributed by atoms with E-state index in [-0.39, 0.29) is 11.1 Å². The maximum atomic E-state index is 12.0. The van der Waals surface area contributed by atoms with Gasteiger partial charge in [-0.05, 0) is 223 Å². The molecule has 0 aliphatic heterocycles. The fourth-order valence-electron chi connectivity index (χ4n) is 15.5. The monoisotopic (exact) mass is 1820 g/mol. The average Bonchev–Trinajstić information content (AvgIpc) is 0.961. The van der Waals surface area contributed by atoms with Crippen LogP contribution in [-0.4, -0.2) is 128 Å². The average molecular weight is 1820 g/mol. The minimum absolute atomic E-state index is 0.268. The number of unbranched alkanes of at least 4 members (excludes halogenated alkanes) is 8. The van der Waals surface area contributed by atoms with Crippen molar-refractivity contribution < 1.29 is 58.6 Å². The van der Waals surface area contributed by atoms with Gasteiger partial charge in [0.25, 0.3) is 0 Å². The molecule has 8 N–H and O–H groups in total. The fraction of sp³-hybridized carbons (Fsp3) is 0.445. The molecule has 2 fully saturated rings. The highest BCUT2D eigenvalue weighted by Crippen LogP contribution is 2.47. The standard InChI is InChI=1S/C28H40N2O3.C27H38N2O3.2C23H32N2O3.C5H5N.C4H4S/c1-3-5-17-30(18-6-4-2)26-20-23(28(31)32)19-25(29-21-22-13-9-7-10-14-22)27(26)33-24-15-11-8-12-16-24;1-3-5-16-29(17-6-4-2)25-19-22(27(30)31)18-24(28-20-21-12-10-11-13-21)26(25)32-23-14-8-7-9-15-23;2*1-4-7-14-25(15-8-5-2)21-17-18(23(26)27)16-20(24-6-3)22(21)28-19-12-10-9-11-13-19;1-2-4-6-5-3-1;1-2-4-5-3-1/h8,11-12,15-16,19-20,22,29H,3-7,9-10,13-14,17-18,21H2,1-2H3,(H,31,32);7-9,14-15,18-19,21,28H,3-6,10-13,16-17,20H2,1-2H3,(H,30,31);2*9-13,16-17,24H,4-8,14-15H2,1-3H3,(H,26,27);1-5H;1-4H. The largest absolute Gasteiger partial charge is 0.478 e. The molecule has 10 aromatic rings. The molecule has 0 atom stereocenters. The van der Waals surface area contributed by atoms with E-state index in [0.29, 0.717) is 58.9 Å². The van der Waals surface area contributed by atoms with Crippen LogP contribution in [0.15, 0.2) is 223 Å². The molecule has 0 bridgehead atoms. The Bertz CT molecular complexity index is 4610. The number of aromatic carboxylic acids is 4. The molecule has 8 aromatic carbocycles. The number of ether oxygens (including phenoxy) is 4. The summed E-state index contributed by atoms with van der Waals surface area (Å²) >= 11 is 1.71. The van der Waals surface area contributed by atoms with E-state index in [1.54, 1.807) is 72.3 Å². The maximum Gasteiger partial charge on any atom is 0.335 e. The van der Waals surface area contributed by atoms with Crippen molar-refractivity contribution in [3.63, 3.8) is 0 Å². The molecule has 12 rings (SSSR count). The van der Waals surface area contributed by atoms with Crippen molar-refractivity contribution in [1.29, 1.82) is 0 Å². The molecule has 2 aromatic heterocycles. The second-order valence-electron chi connectivity index (χ2n) is 33.4. The number of hydrogen-bond donors (Lipinski definition) is 8. The van der Waals surface area contributed by atoms with Gasteiger partial charge in [-0.3, -0.25) is 4.98 Å². The number of pyridine rings is 1. The molecule has 2 saturated carbocycles. The summed E-state index contributed by atoms with van der Waals surface area (Å²) in [6, 6.07) is 62.4. The van der Waals surface area contributed by atoms with Crippen molar-refractivity contribution in [2.75, 3.05) is 119 Å². The molecule has 0 spiro atoms. The first-order valence-electron chi connectivity index (χ1n) is 48.8. The molecular weight excluding hydrogens is 1670 g/mol. The summed E-state index contributed by atoms with van der Waals surface area (Å²) in [5.74, 6) is 3.38. The summed E-state index contributed by atoms with van der Waals surface area (Å²) < 4.78 is 25.4. The Labute approximate surface area is 792 Å². The zero-order chi connectivity index (χ0) is 94.7. The number of aromatic nitrogens is 1. The molecule has 2 aliphatic carbocycles. The number of thiophene rings is 1. The second kappa shape index (κ2) is 63.2. The van der Waals surface area contributed by atoms with Gasteiger partial charge in [0.05, 0.1) is 67.8 Å². The zero-order valence-corrected chi connectivity index (χ0v) is 81.2. The van der Waals surface area contributed by atoms with Crippen LogP contribution in [-0.2, 0) is 0 Å². The molecule has 0 unspecified atom stereocenters. The van der Waals surface area contributed by atoms with E-state index in [1.807, 2.05) is 176 Å². The van der Waals surface area contributed by atoms with Crippen molar-refractivity contribution in [2.45, 2.75) is 230 Å².